The first-order valence-corrected chi connectivity index (χ1v) is 13.8. The van der Waals surface area contributed by atoms with E-state index in [1.54, 1.807) is 0 Å². The summed E-state index contributed by atoms with van der Waals surface area (Å²) in [4.78, 5) is 25.2. The third-order valence-electron chi connectivity index (χ3n) is 8.84. The SMILES string of the molecule is Cc1n[nH]c(C)c1-c1ccc(NC(=O)CC2c3cc(F)c(F)cc3OCC23CC3CC(C)c2nocc2C(N)=O)cc1. The van der Waals surface area contributed by atoms with Crippen molar-refractivity contribution < 1.29 is 27.6 Å². The van der Waals surface area contributed by atoms with Gasteiger partial charge in [-0.05, 0) is 56.4 Å². The minimum atomic E-state index is -0.998. The zero-order valence-corrected chi connectivity index (χ0v) is 23.5. The van der Waals surface area contributed by atoms with Crippen LogP contribution in [0.1, 0.15) is 71.0 Å². The standard InChI is InChI=1S/C31H31F2N5O4/c1-15(29-22(30(34)40)13-42-38-29)8-19-12-31(19)14-41-26-11-25(33)24(32)9-21(26)23(31)10-27(39)35-20-6-4-18(5-7-20)28-16(2)36-37-17(28)3/h4-7,9,11,13,15,19,23H,8,10,12,14H2,1-3H3,(H2,34,40)(H,35,39)(H,36,37). The highest BCUT2D eigenvalue weighted by Crippen LogP contribution is 2.67. The molecule has 4 aromatic rings. The average molecular weight is 576 g/mol. The Balaban J connectivity index is 1.22. The molecule has 4 N–H and O–H groups in total. The molecule has 1 spiro atoms. The number of H-pyrrole nitrogens is 1. The summed E-state index contributed by atoms with van der Waals surface area (Å²) in [6, 6.07) is 9.71. The molecule has 0 saturated heterocycles. The smallest absolute Gasteiger partial charge is 0.253 e. The van der Waals surface area contributed by atoms with Crippen molar-refractivity contribution in [2.24, 2.45) is 17.1 Å². The van der Waals surface area contributed by atoms with Crippen LogP contribution in [0.4, 0.5) is 14.5 Å². The molecule has 2 aliphatic rings. The molecular formula is C31H31F2N5O4. The van der Waals surface area contributed by atoms with Gasteiger partial charge in [0.2, 0.25) is 5.91 Å². The van der Waals surface area contributed by atoms with E-state index in [1.807, 2.05) is 45.0 Å². The molecule has 9 nitrogen and oxygen atoms in total. The molecule has 11 heteroatoms. The van der Waals surface area contributed by atoms with Gasteiger partial charge in [-0.15, -0.1) is 0 Å². The first kappa shape index (κ1) is 27.6. The number of halogens is 2. The Morgan fingerprint density at radius 2 is 1.93 bits per heavy atom. The largest absolute Gasteiger partial charge is 0.493 e. The Labute approximate surface area is 240 Å². The van der Waals surface area contributed by atoms with Crippen molar-refractivity contribution in [1.29, 1.82) is 0 Å². The van der Waals surface area contributed by atoms with E-state index in [0.717, 1.165) is 41.1 Å². The number of benzene rings is 2. The number of fused-ring (bicyclic) bond motifs is 1. The van der Waals surface area contributed by atoms with Gasteiger partial charge in [0.25, 0.3) is 5.91 Å². The molecule has 1 aliphatic carbocycles. The van der Waals surface area contributed by atoms with Gasteiger partial charge in [0.05, 0.1) is 18.0 Å². The van der Waals surface area contributed by atoms with Crippen LogP contribution < -0.4 is 15.8 Å². The molecular weight excluding hydrogens is 544 g/mol. The first-order valence-electron chi connectivity index (χ1n) is 13.8. The maximum atomic E-state index is 14.5. The van der Waals surface area contributed by atoms with E-state index in [-0.39, 0.29) is 42.1 Å². The molecule has 1 fully saturated rings. The van der Waals surface area contributed by atoms with Crippen molar-refractivity contribution in [2.75, 3.05) is 11.9 Å². The Hall–Kier alpha value is -4.54. The van der Waals surface area contributed by atoms with Gasteiger partial charge in [0.15, 0.2) is 11.6 Å². The molecule has 1 saturated carbocycles. The van der Waals surface area contributed by atoms with Crippen LogP contribution in [-0.4, -0.2) is 33.8 Å². The zero-order chi connectivity index (χ0) is 29.8. The van der Waals surface area contributed by atoms with Crippen molar-refractivity contribution in [3.8, 4) is 16.9 Å². The van der Waals surface area contributed by atoms with Crippen molar-refractivity contribution >= 4 is 17.5 Å². The monoisotopic (exact) mass is 575 g/mol. The molecule has 2 aromatic carbocycles. The fraction of sp³-hybridized carbons (Fsp3) is 0.355. The number of nitrogens with two attached hydrogens (primary N) is 1. The number of rotatable bonds is 8. The predicted octanol–water partition coefficient (Wildman–Crippen LogP) is 5.76. The number of carbonyl (C=O) groups excluding carboxylic acids is 2. The van der Waals surface area contributed by atoms with Crippen molar-refractivity contribution in [3.63, 3.8) is 0 Å². The fourth-order valence-corrected chi connectivity index (χ4v) is 6.62. The van der Waals surface area contributed by atoms with Gasteiger partial charge in [-0.25, -0.2) is 8.78 Å². The van der Waals surface area contributed by atoms with Crippen molar-refractivity contribution in [2.45, 2.75) is 51.9 Å². The molecule has 0 radical (unpaired) electrons. The van der Waals surface area contributed by atoms with E-state index < -0.39 is 28.9 Å². The molecule has 0 bridgehead atoms. The van der Waals surface area contributed by atoms with E-state index in [0.29, 0.717) is 23.4 Å². The highest BCUT2D eigenvalue weighted by Gasteiger charge is 2.62. The van der Waals surface area contributed by atoms with Crippen LogP contribution in [0.2, 0.25) is 0 Å². The number of nitrogens with one attached hydrogen (secondary N) is 2. The lowest BCUT2D eigenvalue weighted by molar-refractivity contribution is -0.117. The number of anilines is 1. The summed E-state index contributed by atoms with van der Waals surface area (Å²) in [6.07, 6.45) is 2.65. The van der Waals surface area contributed by atoms with E-state index in [1.165, 1.54) is 6.26 Å². The van der Waals surface area contributed by atoms with Gasteiger partial charge in [0, 0.05) is 52.2 Å². The lowest BCUT2D eigenvalue weighted by atomic mass is 9.76. The van der Waals surface area contributed by atoms with Crippen LogP contribution >= 0.6 is 0 Å². The predicted molar refractivity (Wildman–Crippen MR) is 150 cm³/mol. The number of carbonyl (C=O) groups is 2. The van der Waals surface area contributed by atoms with Gasteiger partial charge >= 0.3 is 0 Å². The summed E-state index contributed by atoms with van der Waals surface area (Å²) in [6.45, 7) is 6.08. The summed E-state index contributed by atoms with van der Waals surface area (Å²) in [5, 5.41) is 14.2. The average Bonchev–Trinajstić information content (AvgIpc) is 3.24. The second-order valence-electron chi connectivity index (χ2n) is 11.5. The zero-order valence-electron chi connectivity index (χ0n) is 23.5. The quantitative estimate of drug-likeness (QED) is 0.244. The van der Waals surface area contributed by atoms with Gasteiger partial charge in [-0.2, -0.15) is 5.10 Å². The highest BCUT2D eigenvalue weighted by atomic mass is 19.2. The van der Waals surface area contributed by atoms with Gasteiger partial charge in [-0.1, -0.05) is 24.2 Å². The Morgan fingerprint density at radius 3 is 2.62 bits per heavy atom. The van der Waals surface area contributed by atoms with Gasteiger partial charge in [0.1, 0.15) is 17.6 Å². The number of primary amides is 1. The molecule has 42 heavy (non-hydrogen) atoms. The summed E-state index contributed by atoms with van der Waals surface area (Å²) >= 11 is 0. The summed E-state index contributed by atoms with van der Waals surface area (Å²) in [5.74, 6) is -3.07. The molecule has 2 amide bonds. The second-order valence-corrected chi connectivity index (χ2v) is 11.5. The maximum absolute atomic E-state index is 14.5. The Bertz CT molecular complexity index is 1660. The molecule has 1 aliphatic heterocycles. The number of aromatic nitrogens is 3. The lowest BCUT2D eigenvalue weighted by Gasteiger charge is -2.35. The minimum absolute atomic E-state index is 0.0600. The molecule has 218 valence electrons. The van der Waals surface area contributed by atoms with E-state index in [9.17, 15) is 18.4 Å². The number of amides is 2. The normalized spacial score (nSPS) is 21.5. The third kappa shape index (κ3) is 4.82. The molecule has 3 heterocycles. The third-order valence-corrected chi connectivity index (χ3v) is 8.84. The minimum Gasteiger partial charge on any atom is -0.493 e. The molecule has 6 rings (SSSR count). The van der Waals surface area contributed by atoms with Crippen LogP contribution in [0.25, 0.3) is 11.1 Å². The van der Waals surface area contributed by atoms with E-state index in [4.69, 9.17) is 15.0 Å². The van der Waals surface area contributed by atoms with Crippen LogP contribution in [0.3, 0.4) is 0 Å². The highest BCUT2D eigenvalue weighted by molar-refractivity contribution is 5.93. The van der Waals surface area contributed by atoms with E-state index in [2.05, 4.69) is 20.7 Å². The van der Waals surface area contributed by atoms with Gasteiger partial charge < -0.3 is 20.3 Å². The van der Waals surface area contributed by atoms with Gasteiger partial charge in [-0.3, -0.25) is 14.7 Å². The number of nitrogens with zero attached hydrogens (tertiary/aromatic N) is 2. The second kappa shape index (κ2) is 10.4. The number of hydrogen-bond donors (Lipinski definition) is 3. The fourth-order valence-electron chi connectivity index (χ4n) is 6.62. The Kier molecular flexibility index (Phi) is 6.83. The summed E-state index contributed by atoms with van der Waals surface area (Å²) < 4.78 is 39.5. The maximum Gasteiger partial charge on any atom is 0.253 e. The first-order chi connectivity index (χ1) is 20.1. The molecule has 4 atom stereocenters. The topological polar surface area (TPSA) is 136 Å². The number of aryl methyl sites for hydroxylation is 2. The van der Waals surface area contributed by atoms with Crippen molar-refractivity contribution in [1.82, 2.24) is 15.4 Å². The summed E-state index contributed by atoms with van der Waals surface area (Å²) in [5.41, 5.74) is 10.7. The van der Waals surface area contributed by atoms with Crippen LogP contribution in [-0.2, 0) is 4.79 Å². The number of hydrogen-bond acceptors (Lipinski definition) is 6. The van der Waals surface area contributed by atoms with Crippen LogP contribution in [0, 0.1) is 36.8 Å². The van der Waals surface area contributed by atoms with Crippen molar-refractivity contribution in [3.05, 3.63) is 82.5 Å². The molecule has 2 aromatic heterocycles. The number of aromatic amines is 1. The summed E-state index contributed by atoms with van der Waals surface area (Å²) in [7, 11) is 0. The van der Waals surface area contributed by atoms with Crippen LogP contribution in [0.5, 0.6) is 5.75 Å². The number of ether oxygens (including phenoxy) is 1. The van der Waals surface area contributed by atoms with Crippen LogP contribution in [0.15, 0.2) is 47.2 Å². The Morgan fingerprint density at radius 1 is 1.19 bits per heavy atom. The lowest BCUT2D eigenvalue weighted by Crippen LogP contribution is -2.32. The molecule has 4 unspecified atom stereocenters. The van der Waals surface area contributed by atoms with E-state index >= 15 is 0 Å².